The highest BCUT2D eigenvalue weighted by Gasteiger charge is 2.31. The zero-order chi connectivity index (χ0) is 26.6. The third-order valence-corrected chi connectivity index (χ3v) is 5.89. The molecule has 0 radical (unpaired) electrons. The van der Waals surface area contributed by atoms with Gasteiger partial charge < -0.3 is 15.2 Å². The molecule has 198 valence electrons. The molecular weight excluding hydrogens is 495 g/mol. The number of nitrogens with one attached hydrogen (secondary N) is 1. The summed E-state index contributed by atoms with van der Waals surface area (Å²) < 4.78 is 51.3. The number of fused-ring (bicyclic) bond motifs is 1. The van der Waals surface area contributed by atoms with Crippen LogP contribution in [-0.2, 0) is 17.7 Å². The number of aryl methyl sites for hydroxylation is 1. The van der Waals surface area contributed by atoms with E-state index < -0.39 is 30.1 Å². The molecule has 3 aromatic rings. The molecule has 1 amide bonds. The average molecular weight is 522 g/mol. The number of nitrogen functional groups attached to an aromatic ring is 1. The Morgan fingerprint density at radius 3 is 2.57 bits per heavy atom. The number of carbonyl (C=O) groups excluding carboxylic acids is 1. The number of aromatic nitrogens is 4. The molecular formula is C23H26F3N7O4. The maximum absolute atomic E-state index is 13.3. The van der Waals surface area contributed by atoms with Gasteiger partial charge in [0, 0.05) is 25.5 Å². The zero-order valence-electron chi connectivity index (χ0n) is 20.0. The van der Waals surface area contributed by atoms with Crippen LogP contribution in [0.2, 0.25) is 0 Å². The van der Waals surface area contributed by atoms with Crippen LogP contribution in [-0.4, -0.2) is 76.5 Å². The lowest BCUT2D eigenvalue weighted by atomic mass is 10.1. The van der Waals surface area contributed by atoms with Crippen molar-refractivity contribution < 1.29 is 27.4 Å². The van der Waals surface area contributed by atoms with Gasteiger partial charge in [-0.15, -0.1) is 0 Å². The van der Waals surface area contributed by atoms with E-state index >= 15 is 0 Å². The molecule has 0 saturated carbocycles. The Hall–Kier alpha value is -3.78. The number of methoxy groups -OCH3 is 1. The summed E-state index contributed by atoms with van der Waals surface area (Å²) >= 11 is 0. The number of morpholine rings is 1. The van der Waals surface area contributed by atoms with Gasteiger partial charge in [0.05, 0.1) is 31.3 Å². The molecule has 0 unspecified atom stereocenters. The lowest BCUT2D eigenvalue weighted by molar-refractivity contribution is -0.140. The number of halogens is 3. The van der Waals surface area contributed by atoms with Crippen LogP contribution in [0.15, 0.2) is 29.3 Å². The van der Waals surface area contributed by atoms with Crippen molar-refractivity contribution in [2.75, 3.05) is 51.0 Å². The van der Waals surface area contributed by atoms with Gasteiger partial charge in [-0.2, -0.15) is 13.2 Å². The molecule has 0 spiro atoms. The molecule has 4 rings (SSSR count). The highest BCUT2D eigenvalue weighted by molar-refractivity contribution is 6.03. The molecule has 11 nitrogen and oxygen atoms in total. The number of rotatable bonds is 8. The van der Waals surface area contributed by atoms with Gasteiger partial charge in [-0.05, 0) is 31.0 Å². The quantitative estimate of drug-likeness (QED) is 0.455. The van der Waals surface area contributed by atoms with E-state index in [0.717, 1.165) is 44.0 Å². The normalized spacial score (nSPS) is 14.6. The summed E-state index contributed by atoms with van der Waals surface area (Å²) in [7, 11) is 1.40. The minimum Gasteiger partial charge on any atom is -0.494 e. The minimum absolute atomic E-state index is 0.0543. The van der Waals surface area contributed by atoms with Crippen molar-refractivity contribution >= 4 is 28.7 Å². The molecule has 0 bridgehead atoms. The first-order valence-corrected chi connectivity index (χ1v) is 11.5. The second-order valence-electron chi connectivity index (χ2n) is 8.44. The van der Waals surface area contributed by atoms with E-state index in [-0.39, 0.29) is 28.2 Å². The number of nitrogens with zero attached hydrogens (tertiary/aromatic N) is 5. The number of carbonyl (C=O) groups is 1. The Bertz CT molecular complexity index is 1320. The Labute approximate surface area is 209 Å². The van der Waals surface area contributed by atoms with E-state index in [2.05, 4.69) is 25.2 Å². The van der Waals surface area contributed by atoms with E-state index in [1.807, 2.05) is 0 Å². The van der Waals surface area contributed by atoms with Crippen LogP contribution in [0.1, 0.15) is 22.3 Å². The molecule has 14 heteroatoms. The van der Waals surface area contributed by atoms with Crippen LogP contribution in [0.25, 0.3) is 10.9 Å². The summed E-state index contributed by atoms with van der Waals surface area (Å²) in [6, 6.07) is 3.09. The highest BCUT2D eigenvalue weighted by Crippen LogP contribution is 2.30. The number of ether oxygens (including phenoxy) is 2. The maximum atomic E-state index is 13.3. The first-order chi connectivity index (χ1) is 17.7. The molecule has 0 atom stereocenters. The van der Waals surface area contributed by atoms with Gasteiger partial charge in [-0.25, -0.2) is 15.0 Å². The van der Waals surface area contributed by atoms with Gasteiger partial charge in [-0.1, -0.05) is 6.07 Å². The highest BCUT2D eigenvalue weighted by atomic mass is 19.4. The Balaban J connectivity index is 1.70. The van der Waals surface area contributed by atoms with Gasteiger partial charge in [0.2, 0.25) is 11.9 Å². The number of nitrogens with two attached hydrogens (primary N) is 1. The topological polar surface area (TPSA) is 137 Å². The van der Waals surface area contributed by atoms with Crippen molar-refractivity contribution in [3.8, 4) is 5.75 Å². The van der Waals surface area contributed by atoms with E-state index in [9.17, 15) is 22.8 Å². The molecule has 1 fully saturated rings. The van der Waals surface area contributed by atoms with Crippen molar-refractivity contribution in [1.29, 1.82) is 0 Å². The molecule has 0 aliphatic carbocycles. The second kappa shape index (κ2) is 11.1. The van der Waals surface area contributed by atoms with E-state index in [0.29, 0.717) is 24.2 Å². The third-order valence-electron chi connectivity index (χ3n) is 5.89. The standard InChI is InChI=1S/C23H26F3N7O4/c1-36-18-14(3-2-6-32-7-9-37-10-8-32)4-5-16-17(18)30-22(33(20(16)35)13-23(24,25)26)31-19(34)15-11-28-21(27)29-12-15/h4-5,11-12H,2-3,6-10,13H2,1H3,(H2,27,28,29)(H,30,31,34). The van der Waals surface area contributed by atoms with Gasteiger partial charge >= 0.3 is 6.18 Å². The van der Waals surface area contributed by atoms with Crippen molar-refractivity contribution in [3.63, 3.8) is 0 Å². The van der Waals surface area contributed by atoms with Crippen molar-refractivity contribution in [1.82, 2.24) is 24.4 Å². The molecule has 37 heavy (non-hydrogen) atoms. The summed E-state index contributed by atoms with van der Waals surface area (Å²) in [6.45, 7) is 2.24. The van der Waals surface area contributed by atoms with Crippen LogP contribution in [0.4, 0.5) is 25.1 Å². The maximum Gasteiger partial charge on any atom is 0.406 e. The Morgan fingerprint density at radius 2 is 1.92 bits per heavy atom. The van der Waals surface area contributed by atoms with Crippen molar-refractivity contribution in [3.05, 3.63) is 46.0 Å². The Kier molecular flexibility index (Phi) is 7.88. The van der Waals surface area contributed by atoms with Gasteiger partial charge in [0.1, 0.15) is 17.8 Å². The number of hydrogen-bond donors (Lipinski definition) is 2. The smallest absolute Gasteiger partial charge is 0.406 e. The fraction of sp³-hybridized carbons (Fsp3) is 0.435. The fourth-order valence-corrected chi connectivity index (χ4v) is 4.10. The lowest BCUT2D eigenvalue weighted by Gasteiger charge is -2.26. The summed E-state index contributed by atoms with van der Waals surface area (Å²) in [5, 5.41) is 2.21. The number of alkyl halides is 3. The largest absolute Gasteiger partial charge is 0.494 e. The van der Waals surface area contributed by atoms with E-state index in [1.165, 1.54) is 13.2 Å². The lowest BCUT2D eigenvalue weighted by Crippen LogP contribution is -2.36. The summed E-state index contributed by atoms with van der Waals surface area (Å²) in [5.74, 6) is -1.26. The predicted octanol–water partition coefficient (Wildman–Crippen LogP) is 1.86. The van der Waals surface area contributed by atoms with E-state index in [4.69, 9.17) is 15.2 Å². The average Bonchev–Trinajstić information content (AvgIpc) is 2.86. The Morgan fingerprint density at radius 1 is 1.22 bits per heavy atom. The first kappa shape index (κ1) is 26.3. The predicted molar refractivity (Wildman–Crippen MR) is 129 cm³/mol. The summed E-state index contributed by atoms with van der Waals surface area (Å²) in [5.41, 5.74) is 5.17. The molecule has 1 aromatic carbocycles. The summed E-state index contributed by atoms with van der Waals surface area (Å²) in [4.78, 5) is 39.8. The van der Waals surface area contributed by atoms with E-state index in [1.54, 1.807) is 6.07 Å². The van der Waals surface area contributed by atoms with Crippen LogP contribution in [0, 0.1) is 0 Å². The van der Waals surface area contributed by atoms with Crippen LogP contribution in [0.5, 0.6) is 5.75 Å². The van der Waals surface area contributed by atoms with Crippen molar-refractivity contribution in [2.24, 2.45) is 0 Å². The molecule has 3 N–H and O–H groups in total. The third kappa shape index (κ3) is 6.32. The molecule has 3 heterocycles. The second-order valence-corrected chi connectivity index (χ2v) is 8.44. The van der Waals surface area contributed by atoms with Crippen LogP contribution >= 0.6 is 0 Å². The van der Waals surface area contributed by atoms with Gasteiger partial charge in [0.25, 0.3) is 11.5 Å². The van der Waals surface area contributed by atoms with Crippen LogP contribution in [0.3, 0.4) is 0 Å². The monoisotopic (exact) mass is 521 g/mol. The summed E-state index contributed by atoms with van der Waals surface area (Å²) in [6.07, 6.45) is -1.15. The van der Waals surface area contributed by atoms with Gasteiger partial charge in [0.15, 0.2) is 0 Å². The fourth-order valence-electron chi connectivity index (χ4n) is 4.10. The van der Waals surface area contributed by atoms with Crippen molar-refractivity contribution in [2.45, 2.75) is 25.6 Å². The molecule has 1 aliphatic heterocycles. The van der Waals surface area contributed by atoms with Crippen LogP contribution < -0.4 is 21.3 Å². The molecule has 1 aliphatic rings. The number of benzene rings is 1. The first-order valence-electron chi connectivity index (χ1n) is 11.5. The SMILES string of the molecule is COc1c(CCCN2CCOCC2)ccc2c(=O)n(CC(F)(F)F)c(NC(=O)c3cnc(N)nc3)nc12. The number of anilines is 2. The number of hydrogen-bond acceptors (Lipinski definition) is 9. The zero-order valence-corrected chi connectivity index (χ0v) is 20.0. The molecule has 2 aromatic heterocycles. The minimum atomic E-state index is -4.74. The number of amides is 1. The molecule has 1 saturated heterocycles. The van der Waals surface area contributed by atoms with Gasteiger partial charge in [-0.3, -0.25) is 24.4 Å².